The van der Waals surface area contributed by atoms with Gasteiger partial charge in [0.25, 0.3) is 11.5 Å². The quantitative estimate of drug-likeness (QED) is 0.371. The summed E-state index contributed by atoms with van der Waals surface area (Å²) in [7, 11) is 2.05. The lowest BCUT2D eigenvalue weighted by Gasteiger charge is -2.30. The van der Waals surface area contributed by atoms with Gasteiger partial charge in [-0.15, -0.1) is 0 Å². The van der Waals surface area contributed by atoms with E-state index in [1.54, 1.807) is 37.3 Å². The number of fused-ring (bicyclic) bond motifs is 2. The Morgan fingerprint density at radius 2 is 1.94 bits per heavy atom. The number of amides is 1. The first-order chi connectivity index (χ1) is 16.5. The summed E-state index contributed by atoms with van der Waals surface area (Å²) in [5, 5.41) is 8.11. The minimum atomic E-state index is -1.22. The molecular formula is C25H34N4O5Si. The molecule has 0 saturated heterocycles. The minimum absolute atomic E-state index is 0.0192. The predicted octanol–water partition coefficient (Wildman–Crippen LogP) is 4.08. The molecule has 0 saturated carbocycles. The van der Waals surface area contributed by atoms with Crippen LogP contribution in [0.2, 0.25) is 25.7 Å². The number of rotatable bonds is 8. The fourth-order valence-electron chi connectivity index (χ4n) is 4.10. The molecule has 0 fully saturated rings. The van der Waals surface area contributed by atoms with Gasteiger partial charge in [-0.2, -0.15) is 5.10 Å². The van der Waals surface area contributed by atoms with Crippen LogP contribution in [0, 0.1) is 5.92 Å². The molecule has 188 valence electrons. The van der Waals surface area contributed by atoms with Crippen LogP contribution in [0.3, 0.4) is 0 Å². The highest BCUT2D eigenvalue weighted by Gasteiger charge is 2.33. The first kappa shape index (κ1) is 25.0. The number of carbonyl (C=O) groups excluding carboxylic acids is 1. The summed E-state index contributed by atoms with van der Waals surface area (Å²) in [6.45, 7) is 11.6. The smallest absolute Gasteiger partial charge is 0.276 e. The van der Waals surface area contributed by atoms with Crippen molar-refractivity contribution in [3.8, 4) is 22.6 Å². The zero-order valence-electron chi connectivity index (χ0n) is 21.5. The van der Waals surface area contributed by atoms with Crippen molar-refractivity contribution in [3.05, 3.63) is 34.9 Å². The molecule has 9 nitrogen and oxygen atoms in total. The Hall–Kier alpha value is -3.11. The Morgan fingerprint density at radius 3 is 2.60 bits per heavy atom. The molecule has 0 bridgehead atoms. The largest absolute Gasteiger partial charge is 0.497 e. The highest BCUT2D eigenvalue weighted by Crippen LogP contribution is 2.45. The summed E-state index contributed by atoms with van der Waals surface area (Å²) in [6.07, 6.45) is 2.82. The Balaban J connectivity index is 1.82. The number of pyridine rings is 1. The van der Waals surface area contributed by atoms with Crippen LogP contribution in [0.5, 0.6) is 11.5 Å². The second kappa shape index (κ2) is 9.50. The number of hydrogen-bond donors (Lipinski definition) is 1. The number of benzene rings is 1. The molecule has 10 heteroatoms. The van der Waals surface area contributed by atoms with Crippen molar-refractivity contribution in [2.75, 3.05) is 19.0 Å². The van der Waals surface area contributed by atoms with Crippen LogP contribution in [0.25, 0.3) is 22.0 Å². The fourth-order valence-corrected chi connectivity index (χ4v) is 4.86. The number of aromatic nitrogens is 3. The number of ether oxygens (including phenoxy) is 3. The van der Waals surface area contributed by atoms with Crippen molar-refractivity contribution < 1.29 is 19.0 Å². The lowest BCUT2D eigenvalue weighted by atomic mass is 9.98. The second-order valence-electron chi connectivity index (χ2n) is 10.5. The van der Waals surface area contributed by atoms with Crippen LogP contribution >= 0.6 is 0 Å². The molecule has 3 aromatic rings. The van der Waals surface area contributed by atoms with Crippen LogP contribution in [0.1, 0.15) is 13.8 Å². The molecule has 4 rings (SSSR count). The molecule has 0 aliphatic carbocycles. The maximum absolute atomic E-state index is 13.1. The van der Waals surface area contributed by atoms with Crippen molar-refractivity contribution in [1.29, 1.82) is 0 Å². The molecule has 35 heavy (non-hydrogen) atoms. The minimum Gasteiger partial charge on any atom is -0.497 e. The summed E-state index contributed by atoms with van der Waals surface area (Å²) in [5.41, 5.74) is 2.29. The molecule has 1 aliphatic heterocycles. The molecule has 1 unspecified atom stereocenters. The van der Waals surface area contributed by atoms with Crippen LogP contribution in [0.4, 0.5) is 5.69 Å². The third-order valence-electron chi connectivity index (χ3n) is 6.14. The first-order valence-electron chi connectivity index (χ1n) is 11.8. The Bertz CT molecular complexity index is 1320. The Labute approximate surface area is 206 Å². The predicted molar refractivity (Wildman–Crippen MR) is 139 cm³/mol. The third kappa shape index (κ3) is 4.99. The van der Waals surface area contributed by atoms with E-state index < -0.39 is 14.2 Å². The average Bonchev–Trinajstić information content (AvgIpc) is 3.21. The molecule has 2 aromatic heterocycles. The van der Waals surface area contributed by atoms with Gasteiger partial charge >= 0.3 is 0 Å². The van der Waals surface area contributed by atoms with Crippen LogP contribution in [-0.2, 0) is 23.3 Å². The average molecular weight is 499 g/mol. The van der Waals surface area contributed by atoms with Gasteiger partial charge < -0.3 is 24.1 Å². The highest BCUT2D eigenvalue weighted by atomic mass is 28.3. The maximum Gasteiger partial charge on any atom is 0.276 e. The van der Waals surface area contributed by atoms with E-state index in [0.29, 0.717) is 40.3 Å². The first-order valence-corrected chi connectivity index (χ1v) is 15.5. The summed E-state index contributed by atoms with van der Waals surface area (Å²) < 4.78 is 20.7. The number of hydrogen-bond acceptors (Lipinski definition) is 6. The van der Waals surface area contributed by atoms with Crippen molar-refractivity contribution >= 4 is 30.6 Å². The van der Waals surface area contributed by atoms with E-state index in [9.17, 15) is 9.59 Å². The van der Waals surface area contributed by atoms with Crippen LogP contribution in [0.15, 0.2) is 29.3 Å². The van der Waals surface area contributed by atoms with E-state index >= 15 is 0 Å². The van der Waals surface area contributed by atoms with Gasteiger partial charge in [0.2, 0.25) is 0 Å². The number of nitrogens with one attached hydrogen (secondary N) is 1. The number of aryl methyl sites for hydroxylation is 1. The van der Waals surface area contributed by atoms with Crippen molar-refractivity contribution in [3.63, 3.8) is 0 Å². The number of methoxy groups -OCH3 is 1. The van der Waals surface area contributed by atoms with Gasteiger partial charge in [0, 0.05) is 50.5 Å². The van der Waals surface area contributed by atoms with E-state index in [1.807, 2.05) is 19.9 Å². The summed E-state index contributed by atoms with van der Waals surface area (Å²) in [4.78, 5) is 25.7. The summed E-state index contributed by atoms with van der Waals surface area (Å²) in [5.74, 6) is 0.896. The lowest BCUT2D eigenvalue weighted by molar-refractivity contribution is -0.125. The van der Waals surface area contributed by atoms with Gasteiger partial charge in [-0.1, -0.05) is 33.5 Å². The van der Waals surface area contributed by atoms with Crippen molar-refractivity contribution in [2.24, 2.45) is 13.0 Å². The Kier molecular flexibility index (Phi) is 6.78. The molecule has 0 spiro atoms. The van der Waals surface area contributed by atoms with Crippen LogP contribution in [-0.4, -0.2) is 48.1 Å². The van der Waals surface area contributed by atoms with Gasteiger partial charge in [-0.05, 0) is 18.0 Å². The molecule has 1 aromatic carbocycles. The molecule has 1 N–H and O–H groups in total. The van der Waals surface area contributed by atoms with Gasteiger partial charge in [0.05, 0.1) is 19.0 Å². The van der Waals surface area contributed by atoms with Gasteiger partial charge in [0.15, 0.2) is 11.9 Å². The zero-order chi connectivity index (χ0) is 25.5. The highest BCUT2D eigenvalue weighted by molar-refractivity contribution is 6.76. The molecule has 0 radical (unpaired) electrons. The molecule has 1 amide bonds. The standard InChI is InChI=1S/C25H34N4O5Si/c1-15(2)22-24(30)27-20-11-16(32-4)10-17(23(20)34-22)19-13-28(3)25(31)21-18(19)12-26-29(21)14-33-8-9-35(5,6)7/h10-13,15,22H,8-9,14H2,1-7H3,(H,27,30). The van der Waals surface area contributed by atoms with E-state index in [1.165, 1.54) is 4.57 Å². The molecule has 3 heterocycles. The number of nitrogens with zero attached hydrogens (tertiary/aromatic N) is 3. The van der Waals surface area contributed by atoms with Gasteiger partial charge in [-0.25, -0.2) is 4.68 Å². The third-order valence-corrected chi connectivity index (χ3v) is 7.84. The van der Waals surface area contributed by atoms with E-state index in [4.69, 9.17) is 14.2 Å². The van der Waals surface area contributed by atoms with Crippen molar-refractivity contribution in [2.45, 2.75) is 52.4 Å². The molecular weight excluding hydrogens is 464 g/mol. The van der Waals surface area contributed by atoms with E-state index in [-0.39, 0.29) is 24.1 Å². The van der Waals surface area contributed by atoms with Gasteiger partial charge in [0.1, 0.15) is 18.0 Å². The van der Waals surface area contributed by atoms with Crippen molar-refractivity contribution in [1.82, 2.24) is 14.3 Å². The monoisotopic (exact) mass is 498 g/mol. The second-order valence-corrected chi connectivity index (χ2v) is 16.2. The SMILES string of the molecule is COc1cc2c(c(-c3cn(C)c(=O)c4c3cnn4COCC[Si](C)(C)C)c1)OC(C(C)C)C(=O)N2. The maximum atomic E-state index is 13.1. The topological polar surface area (TPSA) is 96.6 Å². The van der Waals surface area contributed by atoms with E-state index in [0.717, 1.165) is 11.6 Å². The zero-order valence-corrected chi connectivity index (χ0v) is 22.5. The normalized spacial score (nSPS) is 15.8. The molecule has 1 atom stereocenters. The Morgan fingerprint density at radius 1 is 1.20 bits per heavy atom. The number of anilines is 1. The van der Waals surface area contributed by atoms with Gasteiger partial charge in [-0.3, -0.25) is 9.59 Å². The summed E-state index contributed by atoms with van der Waals surface area (Å²) in [6, 6.07) is 4.63. The van der Waals surface area contributed by atoms with Crippen LogP contribution < -0.4 is 20.3 Å². The summed E-state index contributed by atoms with van der Waals surface area (Å²) >= 11 is 0. The lowest BCUT2D eigenvalue weighted by Crippen LogP contribution is -2.40. The number of carbonyl (C=O) groups is 1. The van der Waals surface area contributed by atoms with E-state index in [2.05, 4.69) is 30.1 Å². The molecule has 1 aliphatic rings. The fraction of sp³-hybridized carbons (Fsp3) is 0.480.